The molecule has 0 aromatic heterocycles. The lowest BCUT2D eigenvalue weighted by Crippen LogP contribution is -1.97. The highest BCUT2D eigenvalue weighted by Gasteiger charge is 1.79. The Labute approximate surface area is 68.0 Å². The first-order valence-corrected chi connectivity index (χ1v) is 3.55. The van der Waals surface area contributed by atoms with Crippen LogP contribution >= 0.6 is 0 Å². The Morgan fingerprint density at radius 2 is 1.73 bits per heavy atom. The van der Waals surface area contributed by atoms with Crippen molar-refractivity contribution in [3.05, 3.63) is 0 Å². The van der Waals surface area contributed by atoms with Gasteiger partial charge in [-0.05, 0) is 26.7 Å². The topological polar surface area (TPSA) is 49.7 Å². The molecule has 2 N–H and O–H groups in total. The Morgan fingerprint density at radius 3 is 1.73 bits per heavy atom. The highest BCUT2D eigenvalue weighted by molar-refractivity contribution is 4.96. The van der Waals surface area contributed by atoms with E-state index in [0.29, 0.717) is 0 Å². The normalized spacial score (nSPS) is 7.82. The quantitative estimate of drug-likeness (QED) is 0.453. The van der Waals surface area contributed by atoms with Crippen molar-refractivity contribution in [3.63, 3.8) is 0 Å². The number of aliphatic hydroxyl groups excluding tert-OH is 1. The first-order valence-electron chi connectivity index (χ1n) is 3.55. The molecule has 0 atom stereocenters. The van der Waals surface area contributed by atoms with Gasteiger partial charge in [-0.3, -0.25) is 0 Å². The zero-order valence-corrected chi connectivity index (χ0v) is 7.29. The first-order chi connectivity index (χ1) is 5.18. The molecule has 0 heterocycles. The lowest BCUT2D eigenvalue weighted by atomic mass is 10.6. The average molecular weight is 160 g/mol. The van der Waals surface area contributed by atoms with Gasteiger partial charge in [0, 0.05) is 13.2 Å². The van der Waals surface area contributed by atoms with Crippen LogP contribution in [0.1, 0.15) is 20.8 Å². The lowest BCUT2D eigenvalue weighted by molar-refractivity contribution is 0.0108. The van der Waals surface area contributed by atoms with Crippen molar-refractivity contribution in [1.29, 1.82) is 0 Å². The van der Waals surface area contributed by atoms with Gasteiger partial charge in [0.25, 0.3) is 0 Å². The summed E-state index contributed by atoms with van der Waals surface area (Å²) in [5, 5.41) is 15.9. The van der Waals surface area contributed by atoms with Crippen molar-refractivity contribution in [2.75, 3.05) is 13.2 Å². The van der Waals surface area contributed by atoms with Crippen LogP contribution in [0.2, 0.25) is 0 Å². The molecule has 0 saturated heterocycles. The predicted octanol–water partition coefficient (Wildman–Crippen LogP) is 0.363. The monoisotopic (exact) mass is 160 g/mol. The summed E-state index contributed by atoms with van der Waals surface area (Å²) in [6.45, 7) is 7.21. The fourth-order valence-electron chi connectivity index (χ4n) is 0.333. The van der Waals surface area contributed by atoms with Crippen LogP contribution in [0.5, 0.6) is 0 Å². The summed E-state index contributed by atoms with van der Waals surface area (Å²) in [7, 11) is 0. The van der Waals surface area contributed by atoms with Crippen LogP contribution in [0.15, 0.2) is 0 Å². The number of rotatable bonds is 2. The second kappa shape index (κ2) is 12.1. The van der Waals surface area contributed by atoms with Crippen LogP contribution in [-0.4, -0.2) is 29.7 Å². The number of hydrogen-bond acceptors (Lipinski definition) is 3. The van der Waals surface area contributed by atoms with Crippen LogP contribution < -0.4 is 0 Å². The second-order valence-corrected chi connectivity index (χ2v) is 1.55. The van der Waals surface area contributed by atoms with Crippen molar-refractivity contribution >= 4 is 0 Å². The van der Waals surface area contributed by atoms with Crippen molar-refractivity contribution in [3.8, 4) is 11.8 Å². The minimum Gasteiger partial charge on any atom is -0.382 e. The summed E-state index contributed by atoms with van der Waals surface area (Å²) in [6, 6.07) is 0. The average Bonchev–Trinajstić information content (AvgIpc) is 1.90. The van der Waals surface area contributed by atoms with Gasteiger partial charge in [-0.1, -0.05) is 0 Å². The third-order valence-corrected chi connectivity index (χ3v) is 0.682. The molecule has 3 heteroatoms. The molecule has 66 valence electrons. The van der Waals surface area contributed by atoms with E-state index in [1.807, 2.05) is 13.8 Å². The second-order valence-electron chi connectivity index (χ2n) is 1.55. The maximum absolute atomic E-state index is 7.93. The van der Waals surface area contributed by atoms with E-state index in [1.54, 1.807) is 6.92 Å². The molecule has 0 aliphatic heterocycles. The Morgan fingerprint density at radius 1 is 1.27 bits per heavy atom. The molecular weight excluding hydrogens is 144 g/mol. The van der Waals surface area contributed by atoms with Crippen LogP contribution in [0, 0.1) is 11.8 Å². The van der Waals surface area contributed by atoms with E-state index >= 15 is 0 Å². The van der Waals surface area contributed by atoms with Gasteiger partial charge in [-0.2, -0.15) is 0 Å². The summed E-state index contributed by atoms with van der Waals surface area (Å²) in [5.41, 5.74) is 0. The molecule has 0 amide bonds. The third-order valence-electron chi connectivity index (χ3n) is 0.682. The van der Waals surface area contributed by atoms with Crippen LogP contribution in [-0.2, 0) is 4.74 Å². The fourth-order valence-corrected chi connectivity index (χ4v) is 0.333. The third kappa shape index (κ3) is 26.5. The van der Waals surface area contributed by atoms with E-state index in [2.05, 4.69) is 11.8 Å². The molecule has 0 unspecified atom stereocenters. The largest absolute Gasteiger partial charge is 0.382 e. The van der Waals surface area contributed by atoms with E-state index in [0.717, 1.165) is 13.2 Å². The van der Waals surface area contributed by atoms with Gasteiger partial charge < -0.3 is 14.9 Å². The first kappa shape index (κ1) is 13.1. The minimum absolute atomic E-state index is 0.844. The molecule has 0 bridgehead atoms. The highest BCUT2D eigenvalue weighted by atomic mass is 16.5. The van der Waals surface area contributed by atoms with E-state index < -0.39 is 6.29 Å². The predicted molar refractivity (Wildman–Crippen MR) is 43.8 cm³/mol. The number of ether oxygens (including phenoxy) is 1. The minimum atomic E-state index is -1.46. The summed E-state index contributed by atoms with van der Waals surface area (Å²) >= 11 is 0. The highest BCUT2D eigenvalue weighted by Crippen LogP contribution is 1.64. The van der Waals surface area contributed by atoms with Gasteiger partial charge in [0.1, 0.15) is 0 Å². The Kier molecular flexibility index (Phi) is 14.4. The zero-order chi connectivity index (χ0) is 9.11. The summed E-state index contributed by atoms with van der Waals surface area (Å²) in [4.78, 5) is 0. The summed E-state index contributed by atoms with van der Waals surface area (Å²) < 4.78 is 4.83. The van der Waals surface area contributed by atoms with Gasteiger partial charge >= 0.3 is 0 Å². The molecule has 0 rings (SSSR count). The maximum atomic E-state index is 7.93. The molecule has 0 aliphatic rings. The Bertz CT molecular complexity index is 108. The van der Waals surface area contributed by atoms with Crippen LogP contribution in [0.25, 0.3) is 0 Å². The molecule has 0 spiro atoms. The van der Waals surface area contributed by atoms with E-state index in [-0.39, 0.29) is 0 Å². The van der Waals surface area contributed by atoms with E-state index in [1.165, 1.54) is 0 Å². The zero-order valence-electron chi connectivity index (χ0n) is 7.29. The van der Waals surface area contributed by atoms with E-state index in [9.17, 15) is 0 Å². The van der Waals surface area contributed by atoms with Gasteiger partial charge in [0.05, 0.1) is 0 Å². The van der Waals surface area contributed by atoms with Crippen molar-refractivity contribution in [1.82, 2.24) is 0 Å². The smallest absolute Gasteiger partial charge is 0.217 e. The fraction of sp³-hybridized carbons (Fsp3) is 0.750. The molecule has 0 aromatic rings. The molecule has 11 heavy (non-hydrogen) atoms. The summed E-state index contributed by atoms with van der Waals surface area (Å²) in [5.74, 6) is 4.39. The van der Waals surface area contributed by atoms with Gasteiger partial charge in [-0.15, -0.1) is 5.92 Å². The van der Waals surface area contributed by atoms with Crippen molar-refractivity contribution in [2.24, 2.45) is 0 Å². The molecule has 0 radical (unpaired) electrons. The summed E-state index contributed by atoms with van der Waals surface area (Å²) in [6.07, 6.45) is -1.46. The van der Waals surface area contributed by atoms with Gasteiger partial charge in [-0.25, -0.2) is 0 Å². The van der Waals surface area contributed by atoms with Crippen molar-refractivity contribution in [2.45, 2.75) is 27.1 Å². The molecule has 3 nitrogen and oxygen atoms in total. The Balaban J connectivity index is 0. The lowest BCUT2D eigenvalue weighted by Gasteiger charge is -1.86. The van der Waals surface area contributed by atoms with Crippen molar-refractivity contribution < 1.29 is 14.9 Å². The molecule has 0 aromatic carbocycles. The molecule has 0 fully saturated rings. The Hall–Kier alpha value is -0.560. The maximum Gasteiger partial charge on any atom is 0.217 e. The number of hydrogen-bond donors (Lipinski definition) is 2. The van der Waals surface area contributed by atoms with E-state index in [4.69, 9.17) is 14.9 Å². The standard InChI is InChI=1S/C4H6O2.C4H10O/c1-2-3-4(5)6;1-3-5-4-2/h4-6H,1H3;3-4H2,1-2H3. The number of aliphatic hydroxyl groups is 2. The van der Waals surface area contributed by atoms with Gasteiger partial charge in [0.2, 0.25) is 6.29 Å². The van der Waals surface area contributed by atoms with Crippen LogP contribution in [0.3, 0.4) is 0 Å². The SMILES string of the molecule is CC#CC(O)O.CCOCC. The molecule has 0 aliphatic carbocycles. The molecular formula is C8H16O3. The van der Waals surface area contributed by atoms with Crippen LogP contribution in [0.4, 0.5) is 0 Å². The van der Waals surface area contributed by atoms with Gasteiger partial charge in [0.15, 0.2) is 0 Å². The molecule has 0 saturated carbocycles.